The molecular weight excluding hydrogens is 348 g/mol. The van der Waals surface area contributed by atoms with Gasteiger partial charge in [-0.2, -0.15) is 0 Å². The van der Waals surface area contributed by atoms with Crippen molar-refractivity contribution in [2.45, 2.75) is 32.7 Å². The highest BCUT2D eigenvalue weighted by Gasteiger charge is 2.34. The Balaban J connectivity index is 1.53. The van der Waals surface area contributed by atoms with Crippen LogP contribution in [0.25, 0.3) is 0 Å². The van der Waals surface area contributed by atoms with Gasteiger partial charge in [0.05, 0.1) is 17.4 Å². The van der Waals surface area contributed by atoms with Crippen molar-refractivity contribution in [1.29, 1.82) is 0 Å². The molecule has 0 aliphatic carbocycles. The number of carbonyl (C=O) groups is 2. The summed E-state index contributed by atoms with van der Waals surface area (Å²) in [4.78, 5) is 28.0. The van der Waals surface area contributed by atoms with E-state index in [0.717, 1.165) is 29.9 Å². The van der Waals surface area contributed by atoms with Gasteiger partial charge in [-0.05, 0) is 38.8 Å². The Bertz CT molecular complexity index is 888. The number of likely N-dealkylation sites (tertiary alicyclic amines) is 1. The average Bonchev–Trinajstić information content (AvgIpc) is 3.24. The lowest BCUT2D eigenvalue weighted by Crippen LogP contribution is -2.36. The zero-order valence-electron chi connectivity index (χ0n) is 15.6. The van der Waals surface area contributed by atoms with Crippen molar-refractivity contribution in [3.05, 3.63) is 35.2 Å². The summed E-state index contributed by atoms with van der Waals surface area (Å²) in [5, 5.41) is 6.96. The molecular formula is C19H22N4O4. The number of ether oxygens (including phenoxy) is 1. The SMILES string of the molecule is Cc1noc(C)c1C1CCCN1C(=O)Nc1ccc2c(c1)OCC(=O)N2C. The topological polar surface area (TPSA) is 87.9 Å². The van der Waals surface area contributed by atoms with E-state index in [1.807, 2.05) is 18.7 Å². The largest absolute Gasteiger partial charge is 0.481 e. The molecule has 0 radical (unpaired) electrons. The van der Waals surface area contributed by atoms with Gasteiger partial charge >= 0.3 is 6.03 Å². The molecule has 8 heteroatoms. The fraction of sp³-hybridized carbons (Fsp3) is 0.421. The summed E-state index contributed by atoms with van der Waals surface area (Å²) in [5.74, 6) is 1.24. The number of nitrogens with zero attached hydrogens (tertiary/aromatic N) is 3. The third kappa shape index (κ3) is 3.01. The zero-order valence-corrected chi connectivity index (χ0v) is 15.6. The Morgan fingerprint density at radius 3 is 2.89 bits per heavy atom. The highest BCUT2D eigenvalue weighted by molar-refractivity contribution is 5.98. The van der Waals surface area contributed by atoms with E-state index in [9.17, 15) is 9.59 Å². The number of urea groups is 1. The number of amides is 3. The van der Waals surface area contributed by atoms with Gasteiger partial charge in [-0.1, -0.05) is 5.16 Å². The smallest absolute Gasteiger partial charge is 0.322 e. The maximum atomic E-state index is 12.9. The van der Waals surface area contributed by atoms with Gasteiger partial charge in [-0.15, -0.1) is 0 Å². The summed E-state index contributed by atoms with van der Waals surface area (Å²) in [7, 11) is 1.71. The second-order valence-corrected chi connectivity index (χ2v) is 6.94. The summed E-state index contributed by atoms with van der Waals surface area (Å²) in [6, 6.07) is 5.09. The van der Waals surface area contributed by atoms with Crippen molar-refractivity contribution in [2.24, 2.45) is 0 Å². The molecule has 1 saturated heterocycles. The van der Waals surface area contributed by atoms with Crippen LogP contribution in [0.2, 0.25) is 0 Å². The van der Waals surface area contributed by atoms with E-state index in [0.29, 0.717) is 23.7 Å². The van der Waals surface area contributed by atoms with Crippen LogP contribution in [-0.2, 0) is 4.79 Å². The van der Waals surface area contributed by atoms with Gasteiger partial charge in [0.1, 0.15) is 11.5 Å². The molecule has 1 aromatic heterocycles. The number of nitrogens with one attached hydrogen (secondary N) is 1. The van der Waals surface area contributed by atoms with Gasteiger partial charge in [0.25, 0.3) is 5.91 Å². The van der Waals surface area contributed by atoms with Crippen LogP contribution in [-0.4, -0.2) is 42.2 Å². The fourth-order valence-corrected chi connectivity index (χ4v) is 3.83. The van der Waals surface area contributed by atoms with Crippen molar-refractivity contribution in [3.63, 3.8) is 0 Å². The number of hydrogen-bond donors (Lipinski definition) is 1. The number of benzene rings is 1. The first kappa shape index (κ1) is 17.4. The van der Waals surface area contributed by atoms with E-state index in [1.54, 1.807) is 30.1 Å². The number of carbonyl (C=O) groups excluding carboxylic acids is 2. The molecule has 2 aromatic rings. The number of anilines is 2. The van der Waals surface area contributed by atoms with Crippen molar-refractivity contribution in [3.8, 4) is 5.75 Å². The first-order valence-corrected chi connectivity index (χ1v) is 8.99. The van der Waals surface area contributed by atoms with E-state index in [1.165, 1.54) is 0 Å². The minimum Gasteiger partial charge on any atom is -0.481 e. The summed E-state index contributed by atoms with van der Waals surface area (Å²) in [6.45, 7) is 4.46. The Morgan fingerprint density at radius 1 is 1.33 bits per heavy atom. The lowest BCUT2D eigenvalue weighted by molar-refractivity contribution is -0.120. The van der Waals surface area contributed by atoms with E-state index in [4.69, 9.17) is 9.26 Å². The van der Waals surface area contributed by atoms with Gasteiger partial charge in [0.2, 0.25) is 0 Å². The van der Waals surface area contributed by atoms with E-state index < -0.39 is 0 Å². The number of aryl methyl sites for hydroxylation is 2. The summed E-state index contributed by atoms with van der Waals surface area (Å²) in [5.41, 5.74) is 3.15. The number of hydrogen-bond acceptors (Lipinski definition) is 5. The van der Waals surface area contributed by atoms with E-state index >= 15 is 0 Å². The van der Waals surface area contributed by atoms with Gasteiger partial charge in [0.15, 0.2) is 6.61 Å². The van der Waals surface area contributed by atoms with Crippen LogP contribution in [0, 0.1) is 13.8 Å². The first-order chi connectivity index (χ1) is 13.0. The second kappa shape index (κ2) is 6.61. The van der Waals surface area contributed by atoms with Gasteiger partial charge < -0.3 is 24.4 Å². The lowest BCUT2D eigenvalue weighted by Gasteiger charge is -2.27. The van der Waals surface area contributed by atoms with Crippen LogP contribution < -0.4 is 15.0 Å². The van der Waals surface area contributed by atoms with Crippen molar-refractivity contribution >= 4 is 23.3 Å². The summed E-state index contributed by atoms with van der Waals surface area (Å²) in [6.07, 6.45) is 1.82. The highest BCUT2D eigenvalue weighted by Crippen LogP contribution is 2.37. The van der Waals surface area contributed by atoms with E-state index in [2.05, 4.69) is 10.5 Å². The average molecular weight is 370 g/mol. The molecule has 2 aliphatic heterocycles. The molecule has 1 atom stereocenters. The van der Waals surface area contributed by atoms with Crippen LogP contribution in [0.15, 0.2) is 22.7 Å². The predicted molar refractivity (Wildman–Crippen MR) is 99.0 cm³/mol. The molecule has 0 spiro atoms. The molecule has 3 heterocycles. The summed E-state index contributed by atoms with van der Waals surface area (Å²) >= 11 is 0. The third-order valence-corrected chi connectivity index (χ3v) is 5.23. The molecule has 1 N–H and O–H groups in total. The number of rotatable bonds is 2. The monoisotopic (exact) mass is 370 g/mol. The van der Waals surface area contributed by atoms with Crippen LogP contribution >= 0.6 is 0 Å². The summed E-state index contributed by atoms with van der Waals surface area (Å²) < 4.78 is 10.8. The minimum absolute atomic E-state index is 0.00113. The molecule has 0 bridgehead atoms. The van der Waals surface area contributed by atoms with Crippen LogP contribution in [0.1, 0.15) is 35.9 Å². The normalized spacial score (nSPS) is 19.1. The molecule has 3 amide bonds. The fourth-order valence-electron chi connectivity index (χ4n) is 3.83. The Kier molecular flexibility index (Phi) is 4.25. The molecule has 1 aromatic carbocycles. The van der Waals surface area contributed by atoms with Crippen LogP contribution in [0.4, 0.5) is 16.2 Å². The highest BCUT2D eigenvalue weighted by atomic mass is 16.5. The molecule has 1 unspecified atom stereocenters. The molecule has 4 rings (SSSR count). The maximum absolute atomic E-state index is 12.9. The Hall–Kier alpha value is -3.03. The van der Waals surface area contributed by atoms with Crippen molar-refractivity contribution in [1.82, 2.24) is 10.1 Å². The molecule has 142 valence electrons. The number of likely N-dealkylation sites (N-methyl/N-ethyl adjacent to an activating group) is 1. The zero-order chi connectivity index (χ0) is 19.1. The molecule has 0 saturated carbocycles. The van der Waals surface area contributed by atoms with Gasteiger partial charge in [-0.25, -0.2) is 4.79 Å². The van der Waals surface area contributed by atoms with Crippen LogP contribution in [0.3, 0.4) is 0 Å². The van der Waals surface area contributed by atoms with Gasteiger partial charge in [-0.3, -0.25) is 4.79 Å². The van der Waals surface area contributed by atoms with Crippen LogP contribution in [0.5, 0.6) is 5.75 Å². The lowest BCUT2D eigenvalue weighted by atomic mass is 10.0. The molecule has 8 nitrogen and oxygen atoms in total. The molecule has 27 heavy (non-hydrogen) atoms. The number of aromatic nitrogens is 1. The predicted octanol–water partition coefficient (Wildman–Crippen LogP) is 3.02. The first-order valence-electron chi connectivity index (χ1n) is 8.99. The standard InChI is InChI=1S/C19H22N4O4/c1-11-18(12(2)27-21-11)15-5-4-8-23(15)19(25)20-13-6-7-14-16(9-13)26-10-17(24)22(14)3/h6-7,9,15H,4-5,8,10H2,1-3H3,(H,20,25). The maximum Gasteiger partial charge on any atom is 0.322 e. The van der Waals surface area contributed by atoms with Crippen molar-refractivity contribution in [2.75, 3.05) is 30.4 Å². The Labute approximate surface area is 157 Å². The van der Waals surface area contributed by atoms with Crippen molar-refractivity contribution < 1.29 is 18.8 Å². The molecule has 1 fully saturated rings. The quantitative estimate of drug-likeness (QED) is 0.878. The van der Waals surface area contributed by atoms with Gasteiger partial charge in [0, 0.05) is 30.9 Å². The molecule has 2 aliphatic rings. The minimum atomic E-state index is -0.169. The van der Waals surface area contributed by atoms with E-state index in [-0.39, 0.29) is 24.6 Å². The Morgan fingerprint density at radius 2 is 2.15 bits per heavy atom. The third-order valence-electron chi connectivity index (χ3n) is 5.23. The second-order valence-electron chi connectivity index (χ2n) is 6.94. The number of fused-ring (bicyclic) bond motifs is 1.